The van der Waals surface area contributed by atoms with E-state index in [0.717, 1.165) is 16.6 Å². The Balaban J connectivity index is 1.94. The lowest BCUT2D eigenvalue weighted by molar-refractivity contribution is -0.384. The monoisotopic (exact) mass is 209 g/mol. The van der Waals surface area contributed by atoms with E-state index in [1.54, 1.807) is 23.9 Å². The molecule has 0 saturated heterocycles. The van der Waals surface area contributed by atoms with Crippen molar-refractivity contribution >= 4 is 17.4 Å². The minimum atomic E-state index is -0.366. The summed E-state index contributed by atoms with van der Waals surface area (Å²) in [4.78, 5) is 11.1. The summed E-state index contributed by atoms with van der Waals surface area (Å²) in [6.07, 6.45) is 2.69. The molecule has 1 fully saturated rings. The highest BCUT2D eigenvalue weighted by atomic mass is 32.2. The van der Waals surface area contributed by atoms with Crippen molar-refractivity contribution in [1.82, 2.24) is 0 Å². The maximum Gasteiger partial charge on any atom is 0.269 e. The fourth-order valence-electron chi connectivity index (χ4n) is 1.16. The van der Waals surface area contributed by atoms with Crippen LogP contribution in [0.3, 0.4) is 0 Å². The highest BCUT2D eigenvalue weighted by Crippen LogP contribution is 2.35. The molecule has 0 amide bonds. The lowest BCUT2D eigenvalue weighted by Gasteiger charge is -1.98. The van der Waals surface area contributed by atoms with Crippen LogP contribution in [0.2, 0.25) is 0 Å². The fraction of sp³-hybridized carbons (Fsp3) is 0.400. The van der Waals surface area contributed by atoms with E-state index in [1.807, 2.05) is 12.1 Å². The largest absolute Gasteiger partial charge is 0.269 e. The molecular weight excluding hydrogens is 198 g/mol. The van der Waals surface area contributed by atoms with Gasteiger partial charge in [0.15, 0.2) is 0 Å². The van der Waals surface area contributed by atoms with Crippen molar-refractivity contribution < 1.29 is 4.92 Å². The molecule has 0 N–H and O–H groups in total. The van der Waals surface area contributed by atoms with E-state index in [0.29, 0.717) is 0 Å². The maximum absolute atomic E-state index is 10.4. The number of nitro benzene ring substituents is 1. The molecule has 3 nitrogen and oxygen atoms in total. The van der Waals surface area contributed by atoms with Crippen LogP contribution in [0.5, 0.6) is 0 Å². The Bertz CT molecular complexity index is 332. The van der Waals surface area contributed by atoms with Gasteiger partial charge in [0.05, 0.1) is 4.92 Å². The van der Waals surface area contributed by atoms with Gasteiger partial charge >= 0.3 is 0 Å². The Morgan fingerprint density at radius 2 is 2.00 bits per heavy atom. The zero-order valence-corrected chi connectivity index (χ0v) is 8.50. The first-order valence-electron chi connectivity index (χ1n) is 4.63. The molecule has 14 heavy (non-hydrogen) atoms. The van der Waals surface area contributed by atoms with Gasteiger partial charge in [0, 0.05) is 22.8 Å². The van der Waals surface area contributed by atoms with E-state index >= 15 is 0 Å². The van der Waals surface area contributed by atoms with Crippen LogP contribution < -0.4 is 0 Å². The molecule has 1 saturated carbocycles. The predicted molar refractivity (Wildman–Crippen MR) is 56.5 cm³/mol. The molecule has 0 aromatic heterocycles. The first-order chi connectivity index (χ1) is 6.75. The molecule has 1 aromatic rings. The SMILES string of the molecule is O=[N+]([O-])c1ccc(SCC2CC2)cc1. The van der Waals surface area contributed by atoms with E-state index in [2.05, 4.69) is 0 Å². The minimum Gasteiger partial charge on any atom is -0.258 e. The first kappa shape index (κ1) is 9.52. The smallest absolute Gasteiger partial charge is 0.258 e. The second kappa shape index (κ2) is 4.00. The van der Waals surface area contributed by atoms with E-state index in [9.17, 15) is 10.1 Å². The van der Waals surface area contributed by atoms with Gasteiger partial charge in [-0.2, -0.15) is 0 Å². The summed E-state index contributed by atoms with van der Waals surface area (Å²) in [6.45, 7) is 0. The van der Waals surface area contributed by atoms with Crippen molar-refractivity contribution in [1.29, 1.82) is 0 Å². The number of rotatable bonds is 4. The number of nitrogens with zero attached hydrogens (tertiary/aromatic N) is 1. The Labute approximate surface area is 86.7 Å². The standard InChI is InChI=1S/C10H11NO2S/c12-11(13)9-3-5-10(6-4-9)14-7-8-1-2-8/h3-6,8H,1-2,7H2. The predicted octanol–water partition coefficient (Wildman–Crippen LogP) is 3.10. The summed E-state index contributed by atoms with van der Waals surface area (Å²) in [5, 5.41) is 10.4. The number of non-ortho nitro benzene ring substituents is 1. The Morgan fingerprint density at radius 1 is 1.36 bits per heavy atom. The summed E-state index contributed by atoms with van der Waals surface area (Å²) in [6, 6.07) is 6.78. The highest BCUT2D eigenvalue weighted by molar-refractivity contribution is 7.99. The van der Waals surface area contributed by atoms with Gasteiger partial charge in [0.1, 0.15) is 0 Å². The molecule has 0 unspecified atom stereocenters. The van der Waals surface area contributed by atoms with Crippen LogP contribution in [0.15, 0.2) is 29.2 Å². The number of benzene rings is 1. The molecule has 0 atom stereocenters. The molecule has 2 rings (SSSR count). The molecule has 4 heteroatoms. The molecule has 0 radical (unpaired) electrons. The average molecular weight is 209 g/mol. The van der Waals surface area contributed by atoms with Gasteiger partial charge in [-0.25, -0.2) is 0 Å². The molecule has 0 bridgehead atoms. The summed E-state index contributed by atoms with van der Waals surface area (Å²) in [5.74, 6) is 2.04. The van der Waals surface area contributed by atoms with E-state index in [4.69, 9.17) is 0 Å². The van der Waals surface area contributed by atoms with Crippen LogP contribution in [-0.2, 0) is 0 Å². The topological polar surface area (TPSA) is 43.1 Å². The van der Waals surface area contributed by atoms with Crippen molar-refractivity contribution in [3.8, 4) is 0 Å². The van der Waals surface area contributed by atoms with Crippen molar-refractivity contribution in [3.63, 3.8) is 0 Å². The number of hydrogen-bond donors (Lipinski definition) is 0. The van der Waals surface area contributed by atoms with Crippen LogP contribution in [-0.4, -0.2) is 10.7 Å². The molecule has 0 spiro atoms. The quantitative estimate of drug-likeness (QED) is 0.434. The van der Waals surface area contributed by atoms with Gasteiger partial charge in [-0.1, -0.05) is 0 Å². The first-order valence-corrected chi connectivity index (χ1v) is 5.61. The lowest BCUT2D eigenvalue weighted by Crippen LogP contribution is -1.87. The molecule has 1 aromatic carbocycles. The van der Waals surface area contributed by atoms with Crippen LogP contribution in [0.25, 0.3) is 0 Å². The summed E-state index contributed by atoms with van der Waals surface area (Å²) in [7, 11) is 0. The third-order valence-corrected chi connectivity index (χ3v) is 3.47. The average Bonchev–Trinajstić information content (AvgIpc) is 2.99. The van der Waals surface area contributed by atoms with E-state index in [1.165, 1.54) is 12.8 Å². The van der Waals surface area contributed by atoms with E-state index < -0.39 is 0 Å². The molecule has 1 aliphatic carbocycles. The van der Waals surface area contributed by atoms with Crippen LogP contribution >= 0.6 is 11.8 Å². The Kier molecular flexibility index (Phi) is 2.72. The highest BCUT2D eigenvalue weighted by Gasteiger charge is 2.21. The maximum atomic E-state index is 10.4. The Hall–Kier alpha value is -1.03. The van der Waals surface area contributed by atoms with Crippen molar-refractivity contribution in [2.45, 2.75) is 17.7 Å². The second-order valence-corrected chi connectivity index (χ2v) is 4.60. The minimum absolute atomic E-state index is 0.167. The summed E-state index contributed by atoms with van der Waals surface area (Å²) in [5.41, 5.74) is 0.167. The van der Waals surface area contributed by atoms with Crippen LogP contribution in [0, 0.1) is 16.0 Å². The Morgan fingerprint density at radius 3 is 2.50 bits per heavy atom. The van der Waals surface area contributed by atoms with Gasteiger partial charge in [-0.05, 0) is 30.9 Å². The molecular formula is C10H11NO2S. The van der Waals surface area contributed by atoms with Crippen molar-refractivity contribution in [2.75, 3.05) is 5.75 Å². The van der Waals surface area contributed by atoms with Crippen LogP contribution in [0.1, 0.15) is 12.8 Å². The van der Waals surface area contributed by atoms with Crippen molar-refractivity contribution in [2.24, 2.45) is 5.92 Å². The fourth-order valence-corrected chi connectivity index (χ4v) is 2.25. The molecule has 0 heterocycles. The number of nitro groups is 1. The van der Waals surface area contributed by atoms with Crippen molar-refractivity contribution in [3.05, 3.63) is 34.4 Å². The normalized spacial score (nSPS) is 15.4. The zero-order chi connectivity index (χ0) is 9.97. The zero-order valence-electron chi connectivity index (χ0n) is 7.68. The third-order valence-electron chi connectivity index (χ3n) is 2.23. The second-order valence-electron chi connectivity index (χ2n) is 3.51. The van der Waals surface area contributed by atoms with Gasteiger partial charge in [-0.15, -0.1) is 11.8 Å². The van der Waals surface area contributed by atoms with E-state index in [-0.39, 0.29) is 10.6 Å². The third kappa shape index (κ3) is 2.48. The summed E-state index contributed by atoms with van der Waals surface area (Å²) >= 11 is 1.79. The number of hydrogen-bond acceptors (Lipinski definition) is 3. The molecule has 74 valence electrons. The lowest BCUT2D eigenvalue weighted by atomic mass is 10.3. The molecule has 1 aliphatic rings. The number of thioether (sulfide) groups is 1. The van der Waals surface area contributed by atoms with Crippen LogP contribution in [0.4, 0.5) is 5.69 Å². The van der Waals surface area contributed by atoms with Gasteiger partial charge in [0.2, 0.25) is 0 Å². The van der Waals surface area contributed by atoms with Gasteiger partial charge in [-0.3, -0.25) is 10.1 Å². The van der Waals surface area contributed by atoms with Gasteiger partial charge in [0.25, 0.3) is 5.69 Å². The van der Waals surface area contributed by atoms with Gasteiger partial charge < -0.3 is 0 Å². The molecule has 0 aliphatic heterocycles. The summed E-state index contributed by atoms with van der Waals surface area (Å²) < 4.78 is 0.